The van der Waals surface area contributed by atoms with Gasteiger partial charge in [0.05, 0.1) is 0 Å². The van der Waals surface area contributed by atoms with Gasteiger partial charge in [-0.25, -0.2) is 0 Å². The van der Waals surface area contributed by atoms with E-state index in [4.69, 9.17) is 4.74 Å². The van der Waals surface area contributed by atoms with E-state index in [2.05, 4.69) is 52.0 Å². The van der Waals surface area contributed by atoms with E-state index in [0.717, 1.165) is 11.5 Å². The van der Waals surface area contributed by atoms with E-state index in [1.165, 1.54) is 22.3 Å². The number of hydrogen-bond acceptors (Lipinski definition) is 1. The summed E-state index contributed by atoms with van der Waals surface area (Å²) in [6.45, 7) is 8.41. The minimum Gasteiger partial charge on any atom is -0.457 e. The minimum atomic E-state index is 0. The van der Waals surface area contributed by atoms with E-state index < -0.39 is 0 Å². The van der Waals surface area contributed by atoms with E-state index >= 15 is 0 Å². The predicted octanol–water partition coefficient (Wildman–Crippen LogP) is 5.35. The van der Waals surface area contributed by atoms with Crippen LogP contribution in [0, 0.1) is 27.7 Å². The van der Waals surface area contributed by atoms with Crippen molar-refractivity contribution in [1.29, 1.82) is 0 Å². The molecule has 0 fully saturated rings. The molecule has 0 aliphatic carbocycles. The molecule has 2 aromatic rings. The quantitative estimate of drug-likeness (QED) is 0.690. The van der Waals surface area contributed by atoms with Gasteiger partial charge in [0.15, 0.2) is 0 Å². The van der Waals surface area contributed by atoms with Crippen LogP contribution < -0.4 is 4.74 Å². The van der Waals surface area contributed by atoms with E-state index in [1.807, 2.05) is 12.1 Å². The van der Waals surface area contributed by atoms with Crippen LogP contribution in [0.25, 0.3) is 0 Å². The molecule has 0 atom stereocenters. The first-order valence-corrected chi connectivity index (χ1v) is 5.88. The highest BCUT2D eigenvalue weighted by Gasteiger charge is 2.01. The van der Waals surface area contributed by atoms with Gasteiger partial charge in [-0.15, -0.1) is 0 Å². The maximum Gasteiger partial charge on any atom is 0.127 e. The molecule has 2 aromatic carbocycles. The normalized spacial score (nSPS) is 9.78. The second-order valence-electron chi connectivity index (χ2n) is 4.59. The van der Waals surface area contributed by atoms with Crippen LogP contribution in [0.2, 0.25) is 0 Å². The van der Waals surface area contributed by atoms with Crippen molar-refractivity contribution in [3.8, 4) is 11.5 Å². The molecule has 0 spiro atoms. The Balaban J connectivity index is 0.00000162. The van der Waals surface area contributed by atoms with Crippen molar-refractivity contribution in [3.63, 3.8) is 0 Å². The third-order valence-electron chi connectivity index (χ3n) is 3.19. The van der Waals surface area contributed by atoms with Crippen molar-refractivity contribution in [2.75, 3.05) is 0 Å². The van der Waals surface area contributed by atoms with E-state index in [9.17, 15) is 0 Å². The summed E-state index contributed by atoms with van der Waals surface area (Å²) in [6, 6.07) is 12.3. The van der Waals surface area contributed by atoms with Crippen molar-refractivity contribution in [2.24, 2.45) is 0 Å². The van der Waals surface area contributed by atoms with Gasteiger partial charge >= 0.3 is 0 Å². The molecule has 0 saturated carbocycles. The van der Waals surface area contributed by atoms with E-state index in [0.29, 0.717) is 0 Å². The van der Waals surface area contributed by atoms with Gasteiger partial charge < -0.3 is 4.74 Å². The Labute approximate surface area is 110 Å². The maximum absolute atomic E-state index is 5.85. The van der Waals surface area contributed by atoms with Crippen LogP contribution in [-0.2, 0) is 0 Å². The second-order valence-corrected chi connectivity index (χ2v) is 4.59. The zero-order valence-electron chi connectivity index (χ0n) is 10.9. The summed E-state index contributed by atoms with van der Waals surface area (Å²) in [5, 5.41) is 0. The molecule has 1 heteroatoms. The van der Waals surface area contributed by atoms with Gasteiger partial charge in [-0.05, 0) is 74.2 Å². The van der Waals surface area contributed by atoms with E-state index in [-0.39, 0.29) is 7.43 Å². The molecule has 0 heterocycles. The van der Waals surface area contributed by atoms with Gasteiger partial charge in [0.25, 0.3) is 0 Å². The Bertz CT molecular complexity index is 492. The third kappa shape index (κ3) is 3.13. The monoisotopic (exact) mass is 242 g/mol. The zero-order valence-corrected chi connectivity index (χ0v) is 10.9. The summed E-state index contributed by atoms with van der Waals surface area (Å²) in [5.74, 6) is 1.80. The number of ether oxygens (including phenoxy) is 1. The second kappa shape index (κ2) is 5.72. The molecular weight excluding hydrogens is 220 g/mol. The van der Waals surface area contributed by atoms with Crippen LogP contribution in [0.4, 0.5) is 0 Å². The molecule has 0 aliphatic rings. The van der Waals surface area contributed by atoms with Crippen LogP contribution in [0.1, 0.15) is 29.7 Å². The molecule has 18 heavy (non-hydrogen) atoms. The SMILES string of the molecule is C.Cc1ccc(Oc2ccc(C)c(C)c2)cc1C. The topological polar surface area (TPSA) is 9.23 Å². The lowest BCUT2D eigenvalue weighted by Crippen LogP contribution is -1.88. The van der Waals surface area contributed by atoms with Crippen molar-refractivity contribution in [2.45, 2.75) is 35.1 Å². The van der Waals surface area contributed by atoms with Gasteiger partial charge in [0, 0.05) is 0 Å². The van der Waals surface area contributed by atoms with Gasteiger partial charge in [-0.2, -0.15) is 0 Å². The van der Waals surface area contributed by atoms with Crippen molar-refractivity contribution in [1.82, 2.24) is 0 Å². The Morgan fingerprint density at radius 1 is 0.611 bits per heavy atom. The van der Waals surface area contributed by atoms with Gasteiger partial charge in [-0.1, -0.05) is 19.6 Å². The number of hydrogen-bond donors (Lipinski definition) is 0. The smallest absolute Gasteiger partial charge is 0.127 e. The van der Waals surface area contributed by atoms with Crippen molar-refractivity contribution < 1.29 is 4.74 Å². The van der Waals surface area contributed by atoms with Crippen molar-refractivity contribution >= 4 is 0 Å². The summed E-state index contributed by atoms with van der Waals surface area (Å²) in [7, 11) is 0. The molecule has 0 bridgehead atoms. The summed E-state index contributed by atoms with van der Waals surface area (Å²) >= 11 is 0. The Morgan fingerprint density at radius 3 is 1.33 bits per heavy atom. The number of rotatable bonds is 2. The number of aryl methyl sites for hydroxylation is 4. The fourth-order valence-corrected chi connectivity index (χ4v) is 1.69. The third-order valence-corrected chi connectivity index (χ3v) is 3.19. The Morgan fingerprint density at radius 2 is 1.00 bits per heavy atom. The lowest BCUT2D eigenvalue weighted by Gasteiger charge is -2.09. The molecule has 0 radical (unpaired) electrons. The Kier molecular flexibility index (Phi) is 4.55. The molecule has 0 N–H and O–H groups in total. The van der Waals surface area contributed by atoms with Crippen LogP contribution >= 0.6 is 0 Å². The standard InChI is InChI=1S/C16H18O.CH4/c1-11-5-7-15(9-13(11)3)17-16-8-6-12(2)14(4)10-16;/h5-10H,1-4H3;1H4. The number of benzene rings is 2. The average molecular weight is 242 g/mol. The molecule has 2 rings (SSSR count). The predicted molar refractivity (Wildman–Crippen MR) is 78.6 cm³/mol. The van der Waals surface area contributed by atoms with Gasteiger partial charge in [-0.3, -0.25) is 0 Å². The lowest BCUT2D eigenvalue weighted by molar-refractivity contribution is 0.481. The van der Waals surface area contributed by atoms with Crippen LogP contribution in [0.15, 0.2) is 36.4 Å². The highest BCUT2D eigenvalue weighted by Crippen LogP contribution is 2.25. The van der Waals surface area contributed by atoms with E-state index in [1.54, 1.807) is 0 Å². The fourth-order valence-electron chi connectivity index (χ4n) is 1.69. The Hall–Kier alpha value is -1.76. The molecule has 0 unspecified atom stereocenters. The van der Waals surface area contributed by atoms with Gasteiger partial charge in [0.2, 0.25) is 0 Å². The van der Waals surface area contributed by atoms with Crippen LogP contribution in [0.3, 0.4) is 0 Å². The highest BCUT2D eigenvalue weighted by molar-refractivity contribution is 5.39. The van der Waals surface area contributed by atoms with Crippen molar-refractivity contribution in [3.05, 3.63) is 58.7 Å². The average Bonchev–Trinajstić information content (AvgIpc) is 2.29. The zero-order chi connectivity index (χ0) is 12.4. The van der Waals surface area contributed by atoms with Crippen LogP contribution in [0.5, 0.6) is 11.5 Å². The molecule has 0 aliphatic heterocycles. The first-order chi connectivity index (χ1) is 8.06. The fraction of sp³-hybridized carbons (Fsp3) is 0.294. The van der Waals surface area contributed by atoms with Crippen LogP contribution in [-0.4, -0.2) is 0 Å². The molecule has 0 aromatic heterocycles. The molecule has 0 amide bonds. The molecule has 1 nitrogen and oxygen atoms in total. The summed E-state index contributed by atoms with van der Waals surface area (Å²) < 4.78 is 5.85. The maximum atomic E-state index is 5.85. The highest BCUT2D eigenvalue weighted by atomic mass is 16.5. The largest absolute Gasteiger partial charge is 0.457 e. The van der Waals surface area contributed by atoms with Gasteiger partial charge in [0.1, 0.15) is 11.5 Å². The molecule has 96 valence electrons. The summed E-state index contributed by atoms with van der Waals surface area (Å²) in [5.41, 5.74) is 5.09. The first kappa shape index (κ1) is 14.3. The summed E-state index contributed by atoms with van der Waals surface area (Å²) in [6.07, 6.45) is 0. The molecule has 0 saturated heterocycles. The lowest BCUT2D eigenvalue weighted by atomic mass is 10.1. The minimum absolute atomic E-state index is 0. The molecular formula is C17H22O. The first-order valence-electron chi connectivity index (χ1n) is 5.88. The summed E-state index contributed by atoms with van der Waals surface area (Å²) in [4.78, 5) is 0.